The van der Waals surface area contributed by atoms with Crippen molar-refractivity contribution in [1.29, 1.82) is 0 Å². The zero-order chi connectivity index (χ0) is 19.8. The van der Waals surface area contributed by atoms with Crippen molar-refractivity contribution in [1.82, 2.24) is 19.2 Å². The number of nitrogens with zero attached hydrogens (tertiary/aromatic N) is 5. The summed E-state index contributed by atoms with van der Waals surface area (Å²) in [6.45, 7) is 4.49. The van der Waals surface area contributed by atoms with E-state index in [9.17, 15) is 4.79 Å². The van der Waals surface area contributed by atoms with Crippen molar-refractivity contribution in [2.24, 2.45) is 0 Å². The molecule has 3 heterocycles. The van der Waals surface area contributed by atoms with Gasteiger partial charge in [0.1, 0.15) is 0 Å². The van der Waals surface area contributed by atoms with Crippen molar-refractivity contribution in [3.05, 3.63) is 70.0 Å². The summed E-state index contributed by atoms with van der Waals surface area (Å²) >= 11 is 0. The molecule has 148 valence electrons. The molecule has 29 heavy (non-hydrogen) atoms. The smallest absolute Gasteiger partial charge is 0.263 e. The van der Waals surface area contributed by atoms with Gasteiger partial charge in [-0.1, -0.05) is 49.2 Å². The number of benzene rings is 2. The molecule has 0 aliphatic carbocycles. The van der Waals surface area contributed by atoms with Crippen LogP contribution in [0, 0.1) is 6.92 Å². The van der Waals surface area contributed by atoms with Crippen molar-refractivity contribution in [3.8, 4) is 0 Å². The molecule has 1 fully saturated rings. The lowest BCUT2D eigenvalue weighted by atomic mass is 10.1. The van der Waals surface area contributed by atoms with E-state index in [0.717, 1.165) is 48.5 Å². The third-order valence-corrected chi connectivity index (χ3v) is 5.81. The maximum Gasteiger partial charge on any atom is 0.263 e. The fourth-order valence-corrected chi connectivity index (χ4v) is 4.29. The molecule has 6 nitrogen and oxygen atoms in total. The van der Waals surface area contributed by atoms with E-state index in [1.165, 1.54) is 12.8 Å². The van der Waals surface area contributed by atoms with Gasteiger partial charge in [-0.05, 0) is 43.0 Å². The van der Waals surface area contributed by atoms with Gasteiger partial charge in [-0.25, -0.2) is 4.40 Å². The van der Waals surface area contributed by atoms with Crippen molar-refractivity contribution in [3.63, 3.8) is 0 Å². The van der Waals surface area contributed by atoms with Crippen molar-refractivity contribution in [2.75, 3.05) is 18.0 Å². The molecule has 6 heteroatoms. The van der Waals surface area contributed by atoms with Crippen LogP contribution in [0.5, 0.6) is 0 Å². The molecule has 1 aliphatic rings. The lowest BCUT2D eigenvalue weighted by molar-refractivity contribution is 0.726. The van der Waals surface area contributed by atoms with Crippen LogP contribution in [0.15, 0.2) is 53.3 Å². The summed E-state index contributed by atoms with van der Waals surface area (Å²) in [5.74, 6) is 1.45. The Morgan fingerprint density at radius 1 is 0.931 bits per heavy atom. The normalized spacial score (nSPS) is 15.1. The summed E-state index contributed by atoms with van der Waals surface area (Å²) in [7, 11) is 0. The Kier molecular flexibility index (Phi) is 4.54. The van der Waals surface area contributed by atoms with Crippen LogP contribution in [-0.4, -0.2) is 32.3 Å². The predicted molar refractivity (Wildman–Crippen MR) is 116 cm³/mol. The van der Waals surface area contributed by atoms with Crippen molar-refractivity contribution in [2.45, 2.75) is 39.2 Å². The summed E-state index contributed by atoms with van der Waals surface area (Å²) in [6, 6.07) is 16.0. The van der Waals surface area contributed by atoms with E-state index in [4.69, 9.17) is 0 Å². The van der Waals surface area contributed by atoms with Gasteiger partial charge in [0.2, 0.25) is 11.7 Å². The van der Waals surface area contributed by atoms with Gasteiger partial charge in [-0.3, -0.25) is 9.36 Å². The third-order valence-electron chi connectivity index (χ3n) is 5.81. The minimum atomic E-state index is -0.0221. The minimum absolute atomic E-state index is 0.0221. The van der Waals surface area contributed by atoms with E-state index < -0.39 is 0 Å². The van der Waals surface area contributed by atoms with E-state index in [-0.39, 0.29) is 5.56 Å². The maximum atomic E-state index is 13.4. The Labute approximate surface area is 169 Å². The Morgan fingerprint density at radius 2 is 1.69 bits per heavy atom. The molecule has 0 amide bonds. The molecular weight excluding hydrogens is 362 g/mol. The average molecular weight is 387 g/mol. The van der Waals surface area contributed by atoms with Crippen LogP contribution in [0.25, 0.3) is 16.7 Å². The molecule has 5 rings (SSSR count). The fraction of sp³-hybridized carbons (Fsp3) is 0.348. The first-order chi connectivity index (χ1) is 14.2. The van der Waals surface area contributed by atoms with E-state index in [1.54, 1.807) is 4.57 Å². The second-order valence-electron chi connectivity index (χ2n) is 7.93. The number of aryl methyl sites for hydroxylation is 1. The SMILES string of the molecule is Cc1ccc2c(=O)n(Cc3ccccc3)c3nnc(N4CCCCCC4)n3c2c1. The Balaban J connectivity index is 1.77. The molecule has 0 spiro atoms. The molecule has 2 aromatic carbocycles. The topological polar surface area (TPSA) is 55.4 Å². The molecule has 0 N–H and O–H groups in total. The Morgan fingerprint density at radius 3 is 2.45 bits per heavy atom. The van der Waals surface area contributed by atoms with Gasteiger partial charge >= 0.3 is 0 Å². The van der Waals surface area contributed by atoms with Crippen LogP contribution in [0.3, 0.4) is 0 Å². The van der Waals surface area contributed by atoms with Gasteiger partial charge in [0.05, 0.1) is 17.4 Å². The standard InChI is InChI=1S/C23H25N5O/c1-17-11-12-19-20(15-17)28-22(26-13-7-2-3-8-14-26)24-25-23(28)27(21(19)29)16-18-9-5-4-6-10-18/h4-6,9-12,15H,2-3,7-8,13-14,16H2,1H3. The molecule has 4 aromatic rings. The van der Waals surface area contributed by atoms with E-state index in [0.29, 0.717) is 17.7 Å². The van der Waals surface area contributed by atoms with Crippen LogP contribution >= 0.6 is 0 Å². The van der Waals surface area contributed by atoms with Crippen LogP contribution < -0.4 is 10.5 Å². The predicted octanol–water partition coefficient (Wildman–Crippen LogP) is 3.78. The molecule has 0 radical (unpaired) electrons. The summed E-state index contributed by atoms with van der Waals surface area (Å²) in [5, 5.41) is 9.76. The van der Waals surface area contributed by atoms with E-state index >= 15 is 0 Å². The van der Waals surface area contributed by atoms with E-state index in [1.807, 2.05) is 42.5 Å². The maximum absolute atomic E-state index is 13.4. The highest BCUT2D eigenvalue weighted by Gasteiger charge is 2.21. The highest BCUT2D eigenvalue weighted by atomic mass is 16.1. The highest BCUT2D eigenvalue weighted by Crippen LogP contribution is 2.23. The zero-order valence-electron chi connectivity index (χ0n) is 16.7. The number of hydrogen-bond donors (Lipinski definition) is 0. The first-order valence-electron chi connectivity index (χ1n) is 10.4. The Hall–Kier alpha value is -3.15. The number of rotatable bonds is 3. The lowest BCUT2D eigenvalue weighted by Crippen LogP contribution is -2.28. The van der Waals surface area contributed by atoms with Crippen LogP contribution in [0.1, 0.15) is 36.8 Å². The van der Waals surface area contributed by atoms with Gasteiger partial charge < -0.3 is 4.90 Å². The van der Waals surface area contributed by atoms with Gasteiger partial charge in [0, 0.05) is 13.1 Å². The first kappa shape index (κ1) is 17.9. The van der Waals surface area contributed by atoms with Crippen LogP contribution in [0.4, 0.5) is 5.95 Å². The minimum Gasteiger partial charge on any atom is -0.341 e. The van der Waals surface area contributed by atoms with Crippen molar-refractivity contribution < 1.29 is 0 Å². The van der Waals surface area contributed by atoms with Crippen LogP contribution in [0.2, 0.25) is 0 Å². The molecule has 1 saturated heterocycles. The van der Waals surface area contributed by atoms with Crippen molar-refractivity contribution >= 4 is 22.6 Å². The molecule has 0 atom stereocenters. The number of fused-ring (bicyclic) bond motifs is 3. The largest absolute Gasteiger partial charge is 0.341 e. The number of anilines is 1. The quantitative estimate of drug-likeness (QED) is 0.537. The van der Waals surface area contributed by atoms with Gasteiger partial charge in [-0.15, -0.1) is 10.2 Å². The second kappa shape index (κ2) is 7.35. The monoisotopic (exact) mass is 387 g/mol. The molecular formula is C23H25N5O. The summed E-state index contributed by atoms with van der Waals surface area (Å²) in [4.78, 5) is 15.7. The Bertz CT molecular complexity index is 1220. The first-order valence-corrected chi connectivity index (χ1v) is 10.4. The number of hydrogen-bond acceptors (Lipinski definition) is 4. The van der Waals surface area contributed by atoms with E-state index in [2.05, 4.69) is 32.5 Å². The van der Waals surface area contributed by atoms with Gasteiger partial charge in [0.15, 0.2) is 0 Å². The van der Waals surface area contributed by atoms with Crippen LogP contribution in [-0.2, 0) is 6.54 Å². The fourth-order valence-electron chi connectivity index (χ4n) is 4.29. The summed E-state index contributed by atoms with van der Waals surface area (Å²) in [6.07, 6.45) is 4.84. The lowest BCUT2D eigenvalue weighted by Gasteiger charge is -2.21. The molecule has 0 saturated carbocycles. The second-order valence-corrected chi connectivity index (χ2v) is 7.93. The number of aromatic nitrogens is 4. The summed E-state index contributed by atoms with van der Waals surface area (Å²) < 4.78 is 3.83. The average Bonchev–Trinajstić information content (AvgIpc) is 2.99. The molecule has 0 unspecified atom stereocenters. The third kappa shape index (κ3) is 3.18. The molecule has 0 bridgehead atoms. The van der Waals surface area contributed by atoms with Gasteiger partial charge in [0.25, 0.3) is 5.56 Å². The zero-order valence-corrected chi connectivity index (χ0v) is 16.7. The molecule has 1 aliphatic heterocycles. The highest BCUT2D eigenvalue weighted by molar-refractivity contribution is 5.82. The van der Waals surface area contributed by atoms with Gasteiger partial charge in [-0.2, -0.15) is 0 Å². The molecule has 2 aromatic heterocycles. The summed E-state index contributed by atoms with van der Waals surface area (Å²) in [5.41, 5.74) is 3.06.